The molecule has 3 N–H and O–H groups in total. The second kappa shape index (κ2) is 13.1. The molecule has 4 heteroatoms. The minimum absolute atomic E-state index is 0.00506. The molecule has 0 atom stereocenters. The van der Waals surface area contributed by atoms with Gasteiger partial charge in [-0.25, -0.2) is 0 Å². The van der Waals surface area contributed by atoms with Crippen LogP contribution in [0, 0.1) is 6.92 Å². The first-order valence-corrected chi connectivity index (χ1v) is 21.2. The second-order valence-corrected chi connectivity index (χ2v) is 20.7. The SMILES string of the molecule is CCC(C)(C)c1ccc2cc(-c3cccc(C)c3P(O)(O)(O)c3cc4ccc(C(C)(C)CC)cc4cc3C(C)(C)CC)c(C(C)(C)CC)cc2c1. The summed E-state index contributed by atoms with van der Waals surface area (Å²) in [5.74, 6) is 0. The van der Waals surface area contributed by atoms with Gasteiger partial charge in [-0.1, -0.05) is 0 Å². The molecule has 0 aromatic heterocycles. The fraction of sp³-hybridized carbons (Fsp3) is 0.447. The van der Waals surface area contributed by atoms with Crippen molar-refractivity contribution in [2.24, 2.45) is 0 Å². The molecule has 51 heavy (non-hydrogen) atoms. The zero-order chi connectivity index (χ0) is 38.0. The van der Waals surface area contributed by atoms with Gasteiger partial charge in [0, 0.05) is 0 Å². The molecular weight excluding hydrogens is 643 g/mol. The Morgan fingerprint density at radius 3 is 1.41 bits per heavy atom. The van der Waals surface area contributed by atoms with Crippen LogP contribution in [0.4, 0.5) is 0 Å². The van der Waals surface area contributed by atoms with Gasteiger partial charge in [0.15, 0.2) is 0 Å². The molecule has 0 aliphatic rings. The third kappa shape index (κ3) is 6.93. The molecule has 0 radical (unpaired) electrons. The van der Waals surface area contributed by atoms with E-state index in [9.17, 15) is 14.7 Å². The number of aryl methyl sites for hydroxylation is 1. The van der Waals surface area contributed by atoms with Crippen LogP contribution >= 0.6 is 7.28 Å². The van der Waals surface area contributed by atoms with Crippen molar-refractivity contribution in [1.82, 2.24) is 0 Å². The van der Waals surface area contributed by atoms with E-state index in [-0.39, 0.29) is 26.9 Å². The van der Waals surface area contributed by atoms with E-state index in [0.717, 1.165) is 58.5 Å². The Morgan fingerprint density at radius 2 is 0.922 bits per heavy atom. The number of hydrogen-bond donors (Lipinski definition) is 3. The topological polar surface area (TPSA) is 60.7 Å². The molecular formula is C47H63O3P. The predicted octanol–water partition coefficient (Wildman–Crippen LogP) is 11.9. The maximum absolute atomic E-state index is 12.9. The van der Waals surface area contributed by atoms with Crippen molar-refractivity contribution >= 4 is 39.4 Å². The van der Waals surface area contributed by atoms with Crippen molar-refractivity contribution < 1.29 is 14.7 Å². The van der Waals surface area contributed by atoms with Crippen LogP contribution in [0.3, 0.4) is 0 Å². The van der Waals surface area contributed by atoms with Crippen molar-refractivity contribution in [3.8, 4) is 11.1 Å². The van der Waals surface area contributed by atoms with Gasteiger partial charge in [-0.15, -0.1) is 0 Å². The van der Waals surface area contributed by atoms with E-state index in [1.807, 2.05) is 31.2 Å². The quantitative estimate of drug-likeness (QED) is 0.120. The standard InChI is InChI=1S/C47H63O3P/c1-14-44(6,7)36-23-21-32-27-39(40(28-34(32)25-36)46(10,11)16-3)38-20-18-19-31(5)43(38)51(48,49,50)42-30-33-22-24-37(45(8,9)15-2)26-35(33)29-41(42)47(12,13)17-4/h18-30,48-50H,14-17H2,1-13H3. The molecule has 0 fully saturated rings. The molecule has 0 saturated carbocycles. The van der Waals surface area contributed by atoms with Gasteiger partial charge in [0.2, 0.25) is 0 Å². The fourth-order valence-electron chi connectivity index (χ4n) is 7.42. The molecule has 5 aromatic carbocycles. The van der Waals surface area contributed by atoms with Gasteiger partial charge in [-0.2, -0.15) is 0 Å². The molecule has 0 aliphatic heterocycles. The van der Waals surface area contributed by atoms with E-state index in [1.54, 1.807) is 0 Å². The van der Waals surface area contributed by atoms with Gasteiger partial charge in [-0.3, -0.25) is 0 Å². The molecule has 0 unspecified atom stereocenters. The molecule has 0 heterocycles. The summed E-state index contributed by atoms with van der Waals surface area (Å²) < 4.78 is 0. The summed E-state index contributed by atoms with van der Waals surface area (Å²) in [7, 11) is -5.79. The maximum atomic E-state index is 12.9. The second-order valence-electron chi connectivity index (χ2n) is 17.8. The van der Waals surface area contributed by atoms with Crippen molar-refractivity contribution in [2.75, 3.05) is 0 Å². The van der Waals surface area contributed by atoms with Crippen molar-refractivity contribution in [3.05, 3.63) is 107 Å². The van der Waals surface area contributed by atoms with Gasteiger partial charge in [0.05, 0.1) is 0 Å². The molecule has 3 nitrogen and oxygen atoms in total. The molecule has 274 valence electrons. The van der Waals surface area contributed by atoms with Crippen LogP contribution in [0.15, 0.2) is 78.9 Å². The molecule has 0 bridgehead atoms. The van der Waals surface area contributed by atoms with Gasteiger partial charge in [-0.05, 0) is 0 Å². The molecule has 0 aliphatic carbocycles. The van der Waals surface area contributed by atoms with Crippen LogP contribution in [0.25, 0.3) is 32.7 Å². The van der Waals surface area contributed by atoms with Crippen LogP contribution in [-0.4, -0.2) is 14.7 Å². The van der Waals surface area contributed by atoms with Crippen LogP contribution < -0.4 is 10.6 Å². The van der Waals surface area contributed by atoms with Gasteiger partial charge in [0.25, 0.3) is 0 Å². The van der Waals surface area contributed by atoms with E-state index in [4.69, 9.17) is 0 Å². The normalized spacial score (nSPS) is 14.2. The monoisotopic (exact) mass is 706 g/mol. The average molecular weight is 707 g/mol. The number of rotatable bonds is 11. The molecule has 0 amide bonds. The van der Waals surface area contributed by atoms with Crippen molar-refractivity contribution in [3.63, 3.8) is 0 Å². The van der Waals surface area contributed by atoms with Gasteiger partial charge in [0.1, 0.15) is 0 Å². The summed E-state index contributed by atoms with van der Waals surface area (Å²) >= 11 is 0. The molecule has 0 spiro atoms. The first-order valence-electron chi connectivity index (χ1n) is 19.1. The van der Waals surface area contributed by atoms with Crippen LogP contribution in [-0.2, 0) is 21.7 Å². The van der Waals surface area contributed by atoms with Gasteiger partial charge < -0.3 is 0 Å². The Bertz CT molecular complexity index is 2110. The van der Waals surface area contributed by atoms with E-state index in [0.29, 0.717) is 11.1 Å². The molecule has 5 rings (SSSR count). The summed E-state index contributed by atoms with van der Waals surface area (Å²) in [4.78, 5) is 38.8. The van der Waals surface area contributed by atoms with Gasteiger partial charge >= 0.3 is 309 Å². The summed E-state index contributed by atoms with van der Waals surface area (Å²) in [5.41, 5.74) is 6.07. The zero-order valence-electron chi connectivity index (χ0n) is 33.6. The van der Waals surface area contributed by atoms with Crippen LogP contribution in [0.2, 0.25) is 0 Å². The third-order valence-electron chi connectivity index (χ3n) is 12.9. The first kappa shape index (κ1) is 39.1. The van der Waals surface area contributed by atoms with Crippen molar-refractivity contribution in [1.29, 1.82) is 0 Å². The Balaban J connectivity index is 1.87. The summed E-state index contributed by atoms with van der Waals surface area (Å²) in [6, 6.07) is 27.4. The average Bonchev–Trinajstić information content (AvgIpc) is 3.09. The Morgan fingerprint density at radius 1 is 0.471 bits per heavy atom. The van der Waals surface area contributed by atoms with Crippen LogP contribution in [0.5, 0.6) is 0 Å². The third-order valence-corrected chi connectivity index (χ3v) is 15.5. The molecule has 5 aromatic rings. The van der Waals surface area contributed by atoms with E-state index < -0.39 is 12.7 Å². The Kier molecular flexibility index (Phi) is 10.1. The van der Waals surface area contributed by atoms with Crippen LogP contribution in [0.1, 0.15) is 137 Å². The molecule has 0 saturated heterocycles. The predicted molar refractivity (Wildman–Crippen MR) is 224 cm³/mol. The minimum atomic E-state index is -5.79. The van der Waals surface area contributed by atoms with E-state index in [2.05, 4.69) is 138 Å². The van der Waals surface area contributed by atoms with E-state index in [1.165, 1.54) is 16.5 Å². The number of benzene rings is 5. The first-order chi connectivity index (χ1) is 23.5. The summed E-state index contributed by atoms with van der Waals surface area (Å²) in [6.07, 6.45) is 3.69. The summed E-state index contributed by atoms with van der Waals surface area (Å²) in [5, 5.41) is 4.62. The number of hydrogen-bond acceptors (Lipinski definition) is 3. The van der Waals surface area contributed by atoms with E-state index >= 15 is 0 Å². The Hall–Kier alpha value is -3.07. The fourth-order valence-corrected chi connectivity index (χ4v) is 10.2. The Labute approximate surface area is 308 Å². The van der Waals surface area contributed by atoms with Crippen molar-refractivity contribution in [2.45, 2.75) is 137 Å². The zero-order valence-corrected chi connectivity index (χ0v) is 34.5. The number of fused-ring (bicyclic) bond motifs is 2. The summed E-state index contributed by atoms with van der Waals surface area (Å²) in [6.45, 7) is 28.5.